The van der Waals surface area contributed by atoms with Crippen molar-refractivity contribution in [3.05, 3.63) is 35.9 Å². The van der Waals surface area contributed by atoms with E-state index in [1.807, 2.05) is 32.3 Å². The molecule has 0 aliphatic carbocycles. The van der Waals surface area contributed by atoms with Crippen LogP contribution in [0.1, 0.15) is 45.7 Å². The highest BCUT2D eigenvalue weighted by Gasteiger charge is 2.24. The fraction of sp³-hybridized carbons (Fsp3) is 0.611. The number of rotatable bonds is 6. The molecule has 3 heteroatoms. The highest BCUT2D eigenvalue weighted by atomic mass is 16.1. The summed E-state index contributed by atoms with van der Waals surface area (Å²) in [5.74, 6) is 0.487. The van der Waals surface area contributed by atoms with E-state index in [9.17, 15) is 4.79 Å². The second kappa shape index (κ2) is 7.60. The van der Waals surface area contributed by atoms with Crippen LogP contribution >= 0.6 is 0 Å². The molecule has 1 amide bonds. The van der Waals surface area contributed by atoms with Crippen molar-refractivity contribution in [3.8, 4) is 0 Å². The summed E-state index contributed by atoms with van der Waals surface area (Å²) >= 11 is 0. The molecule has 1 N–H and O–H groups in total. The molecule has 0 spiro atoms. The van der Waals surface area contributed by atoms with E-state index in [1.54, 1.807) is 0 Å². The number of nitrogens with one attached hydrogen (secondary N) is 1. The van der Waals surface area contributed by atoms with Gasteiger partial charge < -0.3 is 10.2 Å². The molecule has 0 heterocycles. The SMILES string of the molecule is CC(CC(=O)NC(CN(C)C)c1ccccc1)C(C)(C)C. The van der Waals surface area contributed by atoms with Crippen molar-refractivity contribution in [3.63, 3.8) is 0 Å². The van der Waals surface area contributed by atoms with Crippen molar-refractivity contribution in [1.29, 1.82) is 0 Å². The molecule has 0 fully saturated rings. The first-order valence-electron chi connectivity index (χ1n) is 7.69. The van der Waals surface area contributed by atoms with Gasteiger partial charge in [-0.3, -0.25) is 4.79 Å². The van der Waals surface area contributed by atoms with Crippen molar-refractivity contribution in [2.75, 3.05) is 20.6 Å². The molecule has 2 atom stereocenters. The van der Waals surface area contributed by atoms with Gasteiger partial charge in [-0.25, -0.2) is 0 Å². The number of hydrogen-bond donors (Lipinski definition) is 1. The summed E-state index contributed by atoms with van der Waals surface area (Å²) in [4.78, 5) is 14.4. The minimum absolute atomic E-state index is 0.0425. The van der Waals surface area contributed by atoms with Crippen molar-refractivity contribution < 1.29 is 4.79 Å². The maximum atomic E-state index is 12.3. The van der Waals surface area contributed by atoms with E-state index >= 15 is 0 Å². The number of carbonyl (C=O) groups excluding carboxylic acids is 1. The molecule has 21 heavy (non-hydrogen) atoms. The van der Waals surface area contributed by atoms with E-state index in [0.29, 0.717) is 12.3 Å². The standard InChI is InChI=1S/C18H30N2O/c1-14(18(2,3)4)12-17(21)19-16(13-20(5)6)15-10-8-7-9-11-15/h7-11,14,16H,12-13H2,1-6H3,(H,19,21). The molecule has 0 saturated carbocycles. The van der Waals surface area contributed by atoms with Crippen molar-refractivity contribution >= 4 is 5.91 Å². The zero-order valence-electron chi connectivity index (χ0n) is 14.3. The van der Waals surface area contributed by atoms with Crippen LogP contribution in [0.25, 0.3) is 0 Å². The van der Waals surface area contributed by atoms with Gasteiger partial charge in [0.25, 0.3) is 0 Å². The van der Waals surface area contributed by atoms with E-state index in [0.717, 1.165) is 12.1 Å². The third kappa shape index (κ3) is 6.30. The summed E-state index contributed by atoms with van der Waals surface area (Å²) in [5, 5.41) is 3.19. The van der Waals surface area contributed by atoms with Gasteiger partial charge in [0.1, 0.15) is 0 Å². The Morgan fingerprint density at radius 2 is 1.76 bits per heavy atom. The number of benzene rings is 1. The summed E-state index contributed by atoms with van der Waals surface area (Å²) in [6.45, 7) is 9.49. The van der Waals surface area contributed by atoms with Crippen LogP contribution in [0, 0.1) is 11.3 Å². The minimum Gasteiger partial charge on any atom is -0.348 e. The predicted octanol–water partition coefficient (Wildman–Crippen LogP) is 3.48. The summed E-state index contributed by atoms with van der Waals surface area (Å²) in [6, 6.07) is 10.2. The molecule has 0 bridgehead atoms. The summed E-state index contributed by atoms with van der Waals surface area (Å²) in [7, 11) is 4.06. The number of carbonyl (C=O) groups is 1. The highest BCUT2D eigenvalue weighted by molar-refractivity contribution is 5.76. The van der Waals surface area contributed by atoms with Gasteiger partial charge in [-0.2, -0.15) is 0 Å². The van der Waals surface area contributed by atoms with Gasteiger partial charge in [-0.1, -0.05) is 58.0 Å². The first-order valence-corrected chi connectivity index (χ1v) is 7.69. The molecular formula is C18H30N2O. The first kappa shape index (κ1) is 17.7. The predicted molar refractivity (Wildman–Crippen MR) is 89.1 cm³/mol. The summed E-state index contributed by atoms with van der Waals surface area (Å²) in [6.07, 6.45) is 0.570. The lowest BCUT2D eigenvalue weighted by Crippen LogP contribution is -2.37. The zero-order chi connectivity index (χ0) is 16.0. The first-order chi connectivity index (χ1) is 9.70. The fourth-order valence-electron chi connectivity index (χ4n) is 2.12. The molecule has 0 aliphatic rings. The largest absolute Gasteiger partial charge is 0.348 e. The smallest absolute Gasteiger partial charge is 0.220 e. The fourth-order valence-corrected chi connectivity index (χ4v) is 2.12. The molecule has 0 aliphatic heterocycles. The Morgan fingerprint density at radius 3 is 2.24 bits per heavy atom. The monoisotopic (exact) mass is 290 g/mol. The molecule has 1 rings (SSSR count). The molecule has 3 nitrogen and oxygen atoms in total. The Kier molecular flexibility index (Phi) is 6.41. The molecule has 0 saturated heterocycles. The summed E-state index contributed by atoms with van der Waals surface area (Å²) < 4.78 is 0. The van der Waals surface area contributed by atoms with Crippen LogP contribution < -0.4 is 5.32 Å². The number of nitrogens with zero attached hydrogens (tertiary/aromatic N) is 1. The number of hydrogen-bond acceptors (Lipinski definition) is 2. The molecule has 1 aromatic carbocycles. The van der Waals surface area contributed by atoms with E-state index in [1.165, 1.54) is 0 Å². The van der Waals surface area contributed by atoms with Gasteiger partial charge in [0, 0.05) is 13.0 Å². The van der Waals surface area contributed by atoms with Gasteiger partial charge in [-0.05, 0) is 31.0 Å². The van der Waals surface area contributed by atoms with Crippen LogP contribution in [0.4, 0.5) is 0 Å². The highest BCUT2D eigenvalue weighted by Crippen LogP contribution is 2.28. The molecule has 118 valence electrons. The van der Waals surface area contributed by atoms with Crippen LogP contribution in [0.3, 0.4) is 0 Å². The molecule has 1 aromatic rings. The van der Waals surface area contributed by atoms with Gasteiger partial charge in [-0.15, -0.1) is 0 Å². The average molecular weight is 290 g/mol. The Hall–Kier alpha value is -1.35. The van der Waals surface area contributed by atoms with Crippen LogP contribution in [0.5, 0.6) is 0 Å². The molecule has 0 aromatic heterocycles. The normalized spacial score (nSPS) is 14.8. The number of amides is 1. The van der Waals surface area contributed by atoms with Crippen LogP contribution in [0.15, 0.2) is 30.3 Å². The average Bonchev–Trinajstić information content (AvgIpc) is 2.37. The van der Waals surface area contributed by atoms with E-state index < -0.39 is 0 Å². The van der Waals surface area contributed by atoms with Crippen molar-refractivity contribution in [2.45, 2.75) is 40.2 Å². The Morgan fingerprint density at radius 1 is 1.19 bits per heavy atom. The maximum Gasteiger partial charge on any atom is 0.220 e. The van der Waals surface area contributed by atoms with Crippen LogP contribution in [0.2, 0.25) is 0 Å². The summed E-state index contributed by atoms with van der Waals surface area (Å²) in [5.41, 5.74) is 1.31. The maximum absolute atomic E-state index is 12.3. The third-order valence-electron chi connectivity index (χ3n) is 4.05. The number of likely N-dealkylation sites (N-methyl/N-ethyl adjacent to an activating group) is 1. The third-order valence-corrected chi connectivity index (χ3v) is 4.05. The molecule has 2 unspecified atom stereocenters. The van der Waals surface area contributed by atoms with Crippen LogP contribution in [-0.4, -0.2) is 31.4 Å². The van der Waals surface area contributed by atoms with Gasteiger partial charge in [0.05, 0.1) is 6.04 Å². The Labute approximate surface area is 129 Å². The Balaban J connectivity index is 2.71. The van der Waals surface area contributed by atoms with E-state index in [4.69, 9.17) is 0 Å². The molecule has 0 radical (unpaired) electrons. The minimum atomic E-state index is 0.0425. The van der Waals surface area contributed by atoms with E-state index in [2.05, 4.69) is 50.0 Å². The van der Waals surface area contributed by atoms with Gasteiger partial charge in [0.2, 0.25) is 5.91 Å². The van der Waals surface area contributed by atoms with Gasteiger partial charge >= 0.3 is 0 Å². The quantitative estimate of drug-likeness (QED) is 0.870. The zero-order valence-corrected chi connectivity index (χ0v) is 14.3. The second-order valence-corrected chi connectivity index (χ2v) is 7.26. The van der Waals surface area contributed by atoms with Crippen molar-refractivity contribution in [1.82, 2.24) is 10.2 Å². The topological polar surface area (TPSA) is 32.3 Å². The lowest BCUT2D eigenvalue weighted by atomic mass is 9.80. The van der Waals surface area contributed by atoms with Crippen LogP contribution in [-0.2, 0) is 4.79 Å². The lowest BCUT2D eigenvalue weighted by molar-refractivity contribution is -0.123. The second-order valence-electron chi connectivity index (χ2n) is 7.26. The molecular weight excluding hydrogens is 260 g/mol. The van der Waals surface area contributed by atoms with E-state index in [-0.39, 0.29) is 17.4 Å². The lowest BCUT2D eigenvalue weighted by Gasteiger charge is -2.28. The van der Waals surface area contributed by atoms with Gasteiger partial charge in [0.15, 0.2) is 0 Å². The Bertz CT molecular complexity index is 434. The van der Waals surface area contributed by atoms with Crippen molar-refractivity contribution in [2.24, 2.45) is 11.3 Å².